The van der Waals surface area contributed by atoms with Gasteiger partial charge in [-0.2, -0.15) is 0 Å². The summed E-state index contributed by atoms with van der Waals surface area (Å²) >= 11 is 0. The average molecular weight is 159 g/mol. The highest BCUT2D eigenvalue weighted by Gasteiger charge is 2.10. The molecule has 0 spiro atoms. The Morgan fingerprint density at radius 1 is 1.42 bits per heavy atom. The van der Waals surface area contributed by atoms with Crippen LogP contribution in [0.15, 0.2) is 22.8 Å². The Morgan fingerprint density at radius 3 is 2.75 bits per heavy atom. The highest BCUT2D eigenvalue weighted by molar-refractivity contribution is 5.73. The molecule has 0 amide bonds. The van der Waals surface area contributed by atoms with E-state index in [4.69, 9.17) is 4.42 Å². The molecule has 1 aliphatic rings. The first-order valence-electron chi connectivity index (χ1n) is 4.11. The van der Waals surface area contributed by atoms with Crippen molar-refractivity contribution in [2.24, 2.45) is 0 Å². The predicted octanol–water partition coefficient (Wildman–Crippen LogP) is 3.04. The minimum atomic E-state index is 0.911. The Bertz CT molecular complexity index is 353. The summed E-state index contributed by atoms with van der Waals surface area (Å²) in [4.78, 5) is 0. The first-order valence-corrected chi connectivity index (χ1v) is 4.11. The third-order valence-corrected chi connectivity index (χ3v) is 2.23. The number of aryl methyl sites for hydroxylation is 1. The fourth-order valence-electron chi connectivity index (χ4n) is 1.33. The van der Waals surface area contributed by atoms with E-state index in [-0.39, 0.29) is 0 Å². The molecule has 0 saturated carbocycles. The molecule has 0 aromatic carbocycles. The van der Waals surface area contributed by atoms with Gasteiger partial charge in [-0.1, -0.05) is 12.2 Å². The van der Waals surface area contributed by atoms with Gasteiger partial charge in [-0.15, -0.1) is 0 Å². The van der Waals surface area contributed by atoms with Gasteiger partial charge in [0, 0.05) is 5.57 Å². The topological polar surface area (TPSA) is 13.1 Å². The van der Waals surface area contributed by atoms with E-state index in [9.17, 15) is 0 Å². The Morgan fingerprint density at radius 2 is 2.25 bits per heavy atom. The van der Waals surface area contributed by atoms with Gasteiger partial charge in [0.05, 0.1) is 6.26 Å². The molecule has 0 aliphatic heterocycles. The summed E-state index contributed by atoms with van der Waals surface area (Å²) in [7, 11) is 0. The first-order chi connectivity index (χ1) is 5.79. The molecule has 1 heterocycles. The minimum Gasteiger partial charge on any atom is -0.464 e. The standard InChI is InChI=1S/C11H11O/c1-8-7-12-11(9(8)2)10-5-3-4-6-10/h3,5,7H,4H2,1-2H3. The molecule has 1 aliphatic carbocycles. The lowest BCUT2D eigenvalue weighted by molar-refractivity contribution is 0.550. The molecular weight excluding hydrogens is 148 g/mol. The van der Waals surface area contributed by atoms with E-state index in [1.807, 2.05) is 0 Å². The smallest absolute Gasteiger partial charge is 0.137 e. The van der Waals surface area contributed by atoms with Crippen molar-refractivity contribution in [2.45, 2.75) is 20.3 Å². The zero-order valence-corrected chi connectivity index (χ0v) is 7.35. The molecule has 1 heteroatoms. The van der Waals surface area contributed by atoms with Crippen molar-refractivity contribution in [3.8, 4) is 0 Å². The SMILES string of the molecule is Cc1coc(C2=[C]CC=C2)c1C. The predicted molar refractivity (Wildman–Crippen MR) is 48.6 cm³/mol. The molecule has 1 aromatic rings. The van der Waals surface area contributed by atoms with E-state index in [0.29, 0.717) is 0 Å². The summed E-state index contributed by atoms with van der Waals surface area (Å²) in [6.45, 7) is 4.14. The third-order valence-electron chi connectivity index (χ3n) is 2.23. The van der Waals surface area contributed by atoms with E-state index in [1.165, 1.54) is 11.1 Å². The van der Waals surface area contributed by atoms with Crippen LogP contribution in [0.25, 0.3) is 5.57 Å². The van der Waals surface area contributed by atoms with Crippen LogP contribution in [-0.2, 0) is 0 Å². The molecule has 12 heavy (non-hydrogen) atoms. The normalized spacial score (nSPS) is 15.3. The van der Waals surface area contributed by atoms with Gasteiger partial charge in [0.2, 0.25) is 0 Å². The second-order valence-electron chi connectivity index (χ2n) is 3.07. The quantitative estimate of drug-likeness (QED) is 0.613. The zero-order chi connectivity index (χ0) is 8.55. The number of furan rings is 1. The van der Waals surface area contributed by atoms with Crippen molar-refractivity contribution in [2.75, 3.05) is 0 Å². The number of hydrogen-bond acceptors (Lipinski definition) is 1. The van der Waals surface area contributed by atoms with Crippen molar-refractivity contribution < 1.29 is 4.42 Å². The van der Waals surface area contributed by atoms with Crippen LogP contribution in [0.5, 0.6) is 0 Å². The summed E-state index contributed by atoms with van der Waals surface area (Å²) in [6, 6.07) is 0. The molecular formula is C11H11O. The van der Waals surface area contributed by atoms with Crippen LogP contribution in [0.4, 0.5) is 0 Å². The van der Waals surface area contributed by atoms with E-state index in [0.717, 1.165) is 17.8 Å². The Kier molecular flexibility index (Phi) is 1.65. The van der Waals surface area contributed by atoms with Gasteiger partial charge >= 0.3 is 0 Å². The van der Waals surface area contributed by atoms with Crippen LogP contribution in [-0.4, -0.2) is 0 Å². The number of rotatable bonds is 1. The van der Waals surface area contributed by atoms with Gasteiger partial charge in [-0.05, 0) is 37.5 Å². The lowest BCUT2D eigenvalue weighted by Crippen LogP contribution is -1.79. The molecule has 0 atom stereocenters. The molecule has 0 saturated heterocycles. The average Bonchev–Trinajstić information content (AvgIpc) is 2.64. The molecule has 1 nitrogen and oxygen atoms in total. The van der Waals surface area contributed by atoms with Gasteiger partial charge in [-0.25, -0.2) is 0 Å². The lowest BCUT2D eigenvalue weighted by atomic mass is 10.1. The lowest BCUT2D eigenvalue weighted by Gasteiger charge is -1.95. The maximum absolute atomic E-state index is 5.43. The van der Waals surface area contributed by atoms with E-state index in [1.54, 1.807) is 6.26 Å². The molecule has 0 N–H and O–H groups in total. The van der Waals surface area contributed by atoms with Crippen molar-refractivity contribution in [1.82, 2.24) is 0 Å². The van der Waals surface area contributed by atoms with Gasteiger partial charge in [0.25, 0.3) is 0 Å². The second-order valence-corrected chi connectivity index (χ2v) is 3.07. The summed E-state index contributed by atoms with van der Waals surface area (Å²) < 4.78 is 5.43. The first kappa shape index (κ1) is 7.41. The van der Waals surface area contributed by atoms with Crippen molar-refractivity contribution in [3.63, 3.8) is 0 Å². The van der Waals surface area contributed by atoms with Crippen LogP contribution in [0.1, 0.15) is 23.3 Å². The second kappa shape index (κ2) is 2.67. The molecule has 1 radical (unpaired) electrons. The van der Waals surface area contributed by atoms with Gasteiger partial charge in [0.15, 0.2) is 0 Å². The fourth-order valence-corrected chi connectivity index (χ4v) is 1.33. The Hall–Kier alpha value is -1.24. The maximum atomic E-state index is 5.43. The van der Waals surface area contributed by atoms with Gasteiger partial charge < -0.3 is 4.42 Å². The maximum Gasteiger partial charge on any atom is 0.137 e. The Labute approximate surface area is 72.4 Å². The highest BCUT2D eigenvalue weighted by Crippen LogP contribution is 2.26. The van der Waals surface area contributed by atoms with Crippen molar-refractivity contribution in [1.29, 1.82) is 0 Å². The molecule has 61 valence electrons. The van der Waals surface area contributed by atoms with Gasteiger partial charge in [0.1, 0.15) is 5.76 Å². The molecule has 1 aromatic heterocycles. The van der Waals surface area contributed by atoms with Gasteiger partial charge in [-0.3, -0.25) is 0 Å². The molecule has 2 rings (SSSR count). The van der Waals surface area contributed by atoms with Crippen LogP contribution in [0.2, 0.25) is 0 Å². The number of hydrogen-bond donors (Lipinski definition) is 0. The van der Waals surface area contributed by atoms with Crippen LogP contribution >= 0.6 is 0 Å². The highest BCUT2D eigenvalue weighted by atomic mass is 16.3. The monoisotopic (exact) mass is 159 g/mol. The molecule has 0 fully saturated rings. The fraction of sp³-hybridized carbons (Fsp3) is 0.273. The van der Waals surface area contributed by atoms with Crippen LogP contribution < -0.4 is 0 Å². The third kappa shape index (κ3) is 1.02. The van der Waals surface area contributed by atoms with E-state index < -0.39 is 0 Å². The van der Waals surface area contributed by atoms with Crippen molar-refractivity contribution in [3.05, 3.63) is 41.4 Å². The largest absolute Gasteiger partial charge is 0.464 e. The van der Waals surface area contributed by atoms with Crippen LogP contribution in [0.3, 0.4) is 0 Å². The molecule has 0 unspecified atom stereocenters. The van der Waals surface area contributed by atoms with E-state index >= 15 is 0 Å². The zero-order valence-electron chi connectivity index (χ0n) is 7.35. The summed E-state index contributed by atoms with van der Waals surface area (Å²) in [5.41, 5.74) is 3.53. The molecule has 0 bridgehead atoms. The van der Waals surface area contributed by atoms with E-state index in [2.05, 4.69) is 32.1 Å². The van der Waals surface area contributed by atoms with Crippen molar-refractivity contribution >= 4 is 5.57 Å². The Balaban J connectivity index is 2.46. The summed E-state index contributed by atoms with van der Waals surface area (Å²) in [5.74, 6) is 0.973. The summed E-state index contributed by atoms with van der Waals surface area (Å²) in [6.07, 6.45) is 10.1. The minimum absolute atomic E-state index is 0.911. The number of allylic oxidation sites excluding steroid dienone is 4. The van der Waals surface area contributed by atoms with Crippen LogP contribution in [0, 0.1) is 19.9 Å². The summed E-state index contributed by atoms with van der Waals surface area (Å²) in [5, 5.41) is 0.